The Kier molecular flexibility index (Phi) is 4.74. The van der Waals surface area contributed by atoms with Crippen LogP contribution < -0.4 is 5.32 Å². The number of hydrogen-bond acceptors (Lipinski definition) is 2. The number of nitrogens with one attached hydrogen (secondary N) is 1. The molecule has 20 heavy (non-hydrogen) atoms. The van der Waals surface area contributed by atoms with Gasteiger partial charge in [-0.1, -0.05) is 37.6 Å². The molecular formula is C18H27NO. The summed E-state index contributed by atoms with van der Waals surface area (Å²) in [6, 6.07) is 9.70. The van der Waals surface area contributed by atoms with E-state index >= 15 is 0 Å². The molecule has 1 aliphatic carbocycles. The van der Waals surface area contributed by atoms with E-state index in [1.54, 1.807) is 0 Å². The summed E-state index contributed by atoms with van der Waals surface area (Å²) in [5.74, 6) is 0.828. The molecule has 0 bridgehead atoms. The zero-order chi connectivity index (χ0) is 13.8. The molecule has 1 heterocycles. The largest absolute Gasteiger partial charge is 0.376 e. The lowest BCUT2D eigenvalue weighted by Crippen LogP contribution is -2.32. The van der Waals surface area contributed by atoms with Gasteiger partial charge in [0.15, 0.2) is 0 Å². The minimum absolute atomic E-state index is 0.358. The van der Waals surface area contributed by atoms with Gasteiger partial charge in [-0.25, -0.2) is 0 Å². The molecule has 110 valence electrons. The fraction of sp³-hybridized carbons (Fsp3) is 0.667. The van der Waals surface area contributed by atoms with Crippen LogP contribution in [0.2, 0.25) is 0 Å². The van der Waals surface area contributed by atoms with Gasteiger partial charge in [-0.05, 0) is 55.7 Å². The van der Waals surface area contributed by atoms with Gasteiger partial charge in [0.2, 0.25) is 0 Å². The summed E-state index contributed by atoms with van der Waals surface area (Å²) in [6.07, 6.45) is 8.08. The lowest BCUT2D eigenvalue weighted by molar-refractivity contribution is 0.0783. The van der Waals surface area contributed by atoms with E-state index in [0.717, 1.165) is 19.1 Å². The van der Waals surface area contributed by atoms with Crippen molar-refractivity contribution in [2.75, 3.05) is 13.2 Å². The molecule has 2 fully saturated rings. The first-order chi connectivity index (χ1) is 9.88. The highest BCUT2D eigenvalue weighted by Crippen LogP contribution is 2.37. The summed E-state index contributed by atoms with van der Waals surface area (Å²) in [6.45, 7) is 4.21. The highest BCUT2D eigenvalue weighted by atomic mass is 16.5. The third-order valence-corrected chi connectivity index (χ3v) is 4.82. The molecule has 2 heteroatoms. The Morgan fingerprint density at radius 2 is 1.95 bits per heavy atom. The van der Waals surface area contributed by atoms with E-state index < -0.39 is 0 Å². The Hall–Kier alpha value is -0.860. The van der Waals surface area contributed by atoms with Crippen molar-refractivity contribution < 1.29 is 4.74 Å². The Morgan fingerprint density at radius 3 is 2.50 bits per heavy atom. The predicted octanol–water partition coefficient (Wildman–Crippen LogP) is 4.17. The lowest BCUT2D eigenvalue weighted by Gasteiger charge is -2.28. The van der Waals surface area contributed by atoms with E-state index in [-0.39, 0.29) is 0 Å². The van der Waals surface area contributed by atoms with Crippen LogP contribution in [0.15, 0.2) is 24.3 Å². The smallest absolute Gasteiger partial charge is 0.0770 e. The maximum absolute atomic E-state index is 5.91. The second-order valence-corrected chi connectivity index (χ2v) is 6.28. The van der Waals surface area contributed by atoms with E-state index in [1.807, 2.05) is 0 Å². The zero-order valence-corrected chi connectivity index (χ0v) is 12.6. The molecule has 2 aliphatic rings. The normalized spacial score (nSPS) is 24.6. The molecule has 1 aromatic rings. The Morgan fingerprint density at radius 1 is 1.15 bits per heavy atom. The summed E-state index contributed by atoms with van der Waals surface area (Å²) < 4.78 is 5.91. The molecule has 2 nitrogen and oxygen atoms in total. The summed E-state index contributed by atoms with van der Waals surface area (Å²) in [5, 5.41) is 3.68. The molecule has 0 amide bonds. The van der Waals surface area contributed by atoms with Crippen LogP contribution in [0, 0.1) is 0 Å². The zero-order valence-electron chi connectivity index (χ0n) is 12.6. The van der Waals surface area contributed by atoms with Crippen molar-refractivity contribution in [2.45, 2.75) is 63.5 Å². The van der Waals surface area contributed by atoms with Crippen LogP contribution in [0.3, 0.4) is 0 Å². The molecule has 2 atom stereocenters. The molecule has 0 radical (unpaired) electrons. The molecule has 2 unspecified atom stereocenters. The second-order valence-electron chi connectivity index (χ2n) is 6.28. The van der Waals surface area contributed by atoms with Crippen LogP contribution in [0.4, 0.5) is 0 Å². The molecule has 0 spiro atoms. The molecule has 3 rings (SSSR count). The van der Waals surface area contributed by atoms with E-state index in [0.29, 0.717) is 12.1 Å². The number of hydrogen-bond donors (Lipinski definition) is 1. The van der Waals surface area contributed by atoms with Crippen molar-refractivity contribution in [3.63, 3.8) is 0 Å². The molecule has 1 saturated heterocycles. The first kappa shape index (κ1) is 14.1. The first-order valence-electron chi connectivity index (χ1n) is 8.33. The van der Waals surface area contributed by atoms with Crippen molar-refractivity contribution in [3.05, 3.63) is 35.4 Å². The van der Waals surface area contributed by atoms with Crippen molar-refractivity contribution in [1.82, 2.24) is 5.32 Å². The number of rotatable bonds is 6. The third kappa shape index (κ3) is 3.07. The van der Waals surface area contributed by atoms with Crippen LogP contribution in [0.5, 0.6) is 0 Å². The predicted molar refractivity (Wildman–Crippen MR) is 83.0 cm³/mol. The van der Waals surface area contributed by atoms with E-state index in [4.69, 9.17) is 4.74 Å². The molecule has 1 saturated carbocycles. The highest BCUT2D eigenvalue weighted by molar-refractivity contribution is 5.29. The van der Waals surface area contributed by atoms with Gasteiger partial charge in [0.1, 0.15) is 0 Å². The van der Waals surface area contributed by atoms with Gasteiger partial charge in [0, 0.05) is 6.61 Å². The van der Waals surface area contributed by atoms with Crippen LogP contribution in [-0.4, -0.2) is 19.3 Å². The summed E-state index contributed by atoms with van der Waals surface area (Å²) >= 11 is 0. The van der Waals surface area contributed by atoms with Gasteiger partial charge in [0.05, 0.1) is 12.1 Å². The van der Waals surface area contributed by atoms with Gasteiger partial charge in [-0.3, -0.25) is 0 Å². The van der Waals surface area contributed by atoms with Crippen molar-refractivity contribution >= 4 is 0 Å². The number of ether oxygens (including phenoxy) is 1. The van der Waals surface area contributed by atoms with Gasteiger partial charge < -0.3 is 10.1 Å². The van der Waals surface area contributed by atoms with Crippen LogP contribution in [0.1, 0.15) is 68.5 Å². The Labute approximate surface area is 122 Å². The van der Waals surface area contributed by atoms with Gasteiger partial charge in [-0.2, -0.15) is 0 Å². The van der Waals surface area contributed by atoms with Crippen LogP contribution in [0.25, 0.3) is 0 Å². The van der Waals surface area contributed by atoms with Crippen LogP contribution >= 0.6 is 0 Å². The van der Waals surface area contributed by atoms with Gasteiger partial charge in [0.25, 0.3) is 0 Å². The maximum Gasteiger partial charge on any atom is 0.0770 e. The molecule has 0 aromatic heterocycles. The standard InChI is InChI=1S/C18H27NO/c1-2-12-19-18(17-7-4-13-20-17)16-10-8-15(9-11-16)14-5-3-6-14/h8-11,14,17-19H,2-7,12-13H2,1H3. The van der Waals surface area contributed by atoms with Gasteiger partial charge >= 0.3 is 0 Å². The maximum atomic E-state index is 5.91. The third-order valence-electron chi connectivity index (χ3n) is 4.82. The van der Waals surface area contributed by atoms with E-state index in [1.165, 1.54) is 49.7 Å². The molecule has 1 N–H and O–H groups in total. The quantitative estimate of drug-likeness (QED) is 0.839. The fourth-order valence-electron chi connectivity index (χ4n) is 3.35. The first-order valence-corrected chi connectivity index (χ1v) is 8.33. The minimum atomic E-state index is 0.358. The SMILES string of the molecule is CCCNC(c1ccc(C2CCC2)cc1)C1CCCO1. The molecule has 1 aromatic carbocycles. The topological polar surface area (TPSA) is 21.3 Å². The van der Waals surface area contributed by atoms with Crippen molar-refractivity contribution in [3.8, 4) is 0 Å². The number of benzene rings is 1. The second kappa shape index (κ2) is 6.73. The monoisotopic (exact) mass is 273 g/mol. The van der Waals surface area contributed by atoms with Crippen LogP contribution in [-0.2, 0) is 4.74 Å². The van der Waals surface area contributed by atoms with Crippen molar-refractivity contribution in [2.24, 2.45) is 0 Å². The average Bonchev–Trinajstić information content (AvgIpc) is 2.93. The van der Waals surface area contributed by atoms with Crippen molar-refractivity contribution in [1.29, 1.82) is 0 Å². The Bertz CT molecular complexity index is 404. The molecular weight excluding hydrogens is 246 g/mol. The Balaban J connectivity index is 1.71. The summed E-state index contributed by atoms with van der Waals surface area (Å²) in [5.41, 5.74) is 2.93. The fourth-order valence-corrected chi connectivity index (χ4v) is 3.35. The van der Waals surface area contributed by atoms with E-state index in [9.17, 15) is 0 Å². The minimum Gasteiger partial charge on any atom is -0.376 e. The van der Waals surface area contributed by atoms with Gasteiger partial charge in [-0.15, -0.1) is 0 Å². The summed E-state index contributed by atoms with van der Waals surface area (Å²) in [7, 11) is 0. The summed E-state index contributed by atoms with van der Waals surface area (Å²) in [4.78, 5) is 0. The van der Waals surface area contributed by atoms with E-state index in [2.05, 4.69) is 36.5 Å². The molecule has 1 aliphatic heterocycles. The average molecular weight is 273 g/mol. The highest BCUT2D eigenvalue weighted by Gasteiger charge is 2.27. The lowest BCUT2D eigenvalue weighted by atomic mass is 9.79.